The van der Waals surface area contributed by atoms with E-state index in [9.17, 15) is 4.57 Å². The SMILES string of the molecule is COP1(=O)OCC(C)(OCc2ccccc2)O1. The lowest BCUT2D eigenvalue weighted by Gasteiger charge is -2.21. The molecule has 0 saturated carbocycles. The molecule has 1 fully saturated rings. The Labute approximate surface area is 100 Å². The highest BCUT2D eigenvalue weighted by molar-refractivity contribution is 7.48. The van der Waals surface area contributed by atoms with Crippen molar-refractivity contribution in [3.05, 3.63) is 35.9 Å². The van der Waals surface area contributed by atoms with Gasteiger partial charge in [0.15, 0.2) is 0 Å². The molecule has 0 N–H and O–H groups in total. The lowest BCUT2D eigenvalue weighted by Crippen LogP contribution is -2.30. The van der Waals surface area contributed by atoms with Crippen molar-refractivity contribution in [1.82, 2.24) is 0 Å². The van der Waals surface area contributed by atoms with Gasteiger partial charge in [-0.2, -0.15) is 0 Å². The van der Waals surface area contributed by atoms with Crippen LogP contribution >= 0.6 is 7.82 Å². The molecule has 0 radical (unpaired) electrons. The number of phosphoric acid groups is 1. The summed E-state index contributed by atoms with van der Waals surface area (Å²) in [7, 11) is -2.14. The topological polar surface area (TPSA) is 54.0 Å². The van der Waals surface area contributed by atoms with Gasteiger partial charge in [-0.3, -0.25) is 13.6 Å². The standard InChI is InChI=1S/C11H15O5P/c1-11(9-15-17(12,13-2)16-11)14-8-10-6-4-3-5-7-10/h3-7H,8-9H2,1-2H3. The minimum Gasteiger partial charge on any atom is -0.343 e. The van der Waals surface area contributed by atoms with Gasteiger partial charge in [-0.25, -0.2) is 4.57 Å². The number of benzene rings is 1. The quantitative estimate of drug-likeness (QED) is 0.777. The van der Waals surface area contributed by atoms with Gasteiger partial charge in [0, 0.05) is 7.11 Å². The Morgan fingerprint density at radius 3 is 2.71 bits per heavy atom. The average Bonchev–Trinajstić information content (AvgIpc) is 2.66. The molecule has 0 bridgehead atoms. The van der Waals surface area contributed by atoms with Gasteiger partial charge in [0.25, 0.3) is 0 Å². The molecule has 1 aliphatic heterocycles. The van der Waals surface area contributed by atoms with Crippen molar-refractivity contribution in [2.75, 3.05) is 13.7 Å². The van der Waals surface area contributed by atoms with E-state index in [0.717, 1.165) is 5.56 Å². The zero-order valence-corrected chi connectivity index (χ0v) is 10.7. The van der Waals surface area contributed by atoms with Gasteiger partial charge in [0.05, 0.1) is 6.61 Å². The summed E-state index contributed by atoms with van der Waals surface area (Å²) in [6.07, 6.45) is 0. The van der Waals surface area contributed by atoms with Crippen molar-refractivity contribution in [2.45, 2.75) is 19.3 Å². The number of rotatable bonds is 4. The smallest absolute Gasteiger partial charge is 0.343 e. The molecule has 5 nitrogen and oxygen atoms in total. The van der Waals surface area contributed by atoms with E-state index < -0.39 is 13.6 Å². The zero-order valence-electron chi connectivity index (χ0n) is 9.79. The van der Waals surface area contributed by atoms with Crippen LogP contribution in [-0.2, 0) is 29.5 Å². The Kier molecular flexibility index (Phi) is 3.66. The van der Waals surface area contributed by atoms with Crippen LogP contribution < -0.4 is 0 Å². The predicted octanol–water partition coefficient (Wildman–Crippen LogP) is 2.72. The third-order valence-corrected chi connectivity index (χ3v) is 3.90. The molecule has 0 aliphatic carbocycles. The van der Waals surface area contributed by atoms with E-state index in [1.165, 1.54) is 7.11 Å². The van der Waals surface area contributed by atoms with Crippen molar-refractivity contribution in [3.8, 4) is 0 Å². The number of hydrogen-bond donors (Lipinski definition) is 0. The van der Waals surface area contributed by atoms with Gasteiger partial charge in [-0.15, -0.1) is 0 Å². The van der Waals surface area contributed by atoms with E-state index in [1.807, 2.05) is 30.3 Å². The summed E-state index contributed by atoms with van der Waals surface area (Å²) in [5.41, 5.74) is 1.01. The summed E-state index contributed by atoms with van der Waals surface area (Å²) >= 11 is 0. The summed E-state index contributed by atoms with van der Waals surface area (Å²) in [6.45, 7) is 2.13. The fraction of sp³-hybridized carbons (Fsp3) is 0.455. The molecular formula is C11H15O5P. The maximum atomic E-state index is 11.7. The van der Waals surface area contributed by atoms with Crippen LogP contribution in [0.4, 0.5) is 0 Å². The monoisotopic (exact) mass is 258 g/mol. The Hall–Kier alpha value is -0.710. The van der Waals surface area contributed by atoms with Crippen LogP contribution in [0.25, 0.3) is 0 Å². The Bertz CT molecular complexity index is 421. The first-order valence-electron chi connectivity index (χ1n) is 5.24. The molecule has 2 atom stereocenters. The first-order chi connectivity index (χ1) is 8.05. The van der Waals surface area contributed by atoms with Crippen LogP contribution in [0, 0.1) is 0 Å². The van der Waals surface area contributed by atoms with Gasteiger partial charge in [0.1, 0.15) is 6.61 Å². The maximum Gasteiger partial charge on any atom is 0.477 e. The molecule has 1 aromatic rings. The minimum atomic E-state index is -3.42. The molecule has 2 rings (SSSR count). The molecule has 1 aliphatic rings. The predicted molar refractivity (Wildman–Crippen MR) is 61.3 cm³/mol. The second-order valence-electron chi connectivity index (χ2n) is 3.90. The van der Waals surface area contributed by atoms with Gasteiger partial charge in [0.2, 0.25) is 5.79 Å². The number of phosphoric ester groups is 1. The summed E-state index contributed by atoms with van der Waals surface area (Å²) < 4.78 is 32.1. The summed E-state index contributed by atoms with van der Waals surface area (Å²) in [4.78, 5) is 0. The van der Waals surface area contributed by atoms with E-state index in [4.69, 9.17) is 13.8 Å². The molecule has 94 valence electrons. The molecule has 1 saturated heterocycles. The molecule has 0 amide bonds. The number of ether oxygens (including phenoxy) is 1. The maximum absolute atomic E-state index is 11.7. The zero-order chi connectivity index (χ0) is 12.4. The van der Waals surface area contributed by atoms with E-state index in [0.29, 0.717) is 6.61 Å². The van der Waals surface area contributed by atoms with Crippen molar-refractivity contribution in [1.29, 1.82) is 0 Å². The molecule has 6 heteroatoms. The van der Waals surface area contributed by atoms with Crippen molar-refractivity contribution >= 4 is 7.82 Å². The highest BCUT2D eigenvalue weighted by atomic mass is 31.2. The first kappa shape index (κ1) is 12.7. The fourth-order valence-corrected chi connectivity index (χ4v) is 2.66. The van der Waals surface area contributed by atoms with E-state index in [1.54, 1.807) is 6.92 Å². The number of hydrogen-bond acceptors (Lipinski definition) is 5. The summed E-state index contributed by atoms with van der Waals surface area (Å²) in [5.74, 6) is -1.03. The van der Waals surface area contributed by atoms with Crippen LogP contribution in [0.5, 0.6) is 0 Å². The lowest BCUT2D eigenvalue weighted by molar-refractivity contribution is -0.168. The van der Waals surface area contributed by atoms with Gasteiger partial charge in [-0.1, -0.05) is 30.3 Å². The normalized spacial score (nSPS) is 32.8. The third kappa shape index (κ3) is 3.15. The van der Waals surface area contributed by atoms with Crippen LogP contribution in [0.2, 0.25) is 0 Å². The summed E-state index contributed by atoms with van der Waals surface area (Å²) in [5, 5.41) is 0. The highest BCUT2D eigenvalue weighted by Crippen LogP contribution is 2.57. The van der Waals surface area contributed by atoms with Crippen molar-refractivity contribution in [3.63, 3.8) is 0 Å². The molecular weight excluding hydrogens is 243 g/mol. The molecule has 17 heavy (non-hydrogen) atoms. The molecule has 2 unspecified atom stereocenters. The van der Waals surface area contributed by atoms with E-state index in [2.05, 4.69) is 4.52 Å². The first-order valence-corrected chi connectivity index (χ1v) is 6.70. The van der Waals surface area contributed by atoms with Gasteiger partial charge < -0.3 is 4.74 Å². The largest absolute Gasteiger partial charge is 0.477 e. The van der Waals surface area contributed by atoms with Crippen molar-refractivity contribution < 1.29 is 22.9 Å². The Morgan fingerprint density at radius 2 is 2.12 bits per heavy atom. The summed E-state index contributed by atoms with van der Waals surface area (Å²) in [6, 6.07) is 9.66. The van der Waals surface area contributed by atoms with E-state index in [-0.39, 0.29) is 6.61 Å². The lowest BCUT2D eigenvalue weighted by atomic mass is 10.2. The van der Waals surface area contributed by atoms with Crippen LogP contribution in [0.3, 0.4) is 0 Å². The molecule has 1 aromatic carbocycles. The third-order valence-electron chi connectivity index (χ3n) is 2.40. The van der Waals surface area contributed by atoms with Gasteiger partial charge >= 0.3 is 7.82 Å². The van der Waals surface area contributed by atoms with E-state index >= 15 is 0 Å². The second-order valence-corrected chi connectivity index (χ2v) is 5.60. The van der Waals surface area contributed by atoms with Crippen LogP contribution in [-0.4, -0.2) is 19.5 Å². The van der Waals surface area contributed by atoms with Gasteiger partial charge in [-0.05, 0) is 12.5 Å². The Morgan fingerprint density at radius 1 is 1.41 bits per heavy atom. The van der Waals surface area contributed by atoms with Crippen LogP contribution in [0.1, 0.15) is 12.5 Å². The molecule has 1 heterocycles. The van der Waals surface area contributed by atoms with Crippen molar-refractivity contribution in [2.24, 2.45) is 0 Å². The van der Waals surface area contributed by atoms with Crippen LogP contribution in [0.15, 0.2) is 30.3 Å². The average molecular weight is 258 g/mol. The highest BCUT2D eigenvalue weighted by Gasteiger charge is 2.47. The Balaban J connectivity index is 1.94. The molecule has 0 aromatic heterocycles. The fourth-order valence-electron chi connectivity index (χ4n) is 1.45. The molecule has 0 spiro atoms. The minimum absolute atomic E-state index is 0.0882. The second kappa shape index (κ2) is 4.88.